The first-order valence-corrected chi connectivity index (χ1v) is 11.5. The fraction of sp³-hybridized carbons (Fsp3) is 0.680. The average Bonchev–Trinajstić information content (AvgIpc) is 2.65. The molecule has 1 aromatic rings. The molecule has 4 aliphatic carbocycles. The van der Waals surface area contributed by atoms with Gasteiger partial charge in [0.2, 0.25) is 0 Å². The molecule has 4 heteroatoms. The van der Waals surface area contributed by atoms with E-state index < -0.39 is 0 Å². The number of likely N-dealkylation sites (tertiary alicyclic amines) is 1. The summed E-state index contributed by atoms with van der Waals surface area (Å²) in [4.78, 5) is 27.7. The van der Waals surface area contributed by atoms with Gasteiger partial charge in [0, 0.05) is 29.8 Å². The Hall–Kier alpha value is -1.84. The molecule has 1 aromatic carbocycles. The van der Waals surface area contributed by atoms with E-state index in [2.05, 4.69) is 19.2 Å². The highest BCUT2D eigenvalue weighted by Crippen LogP contribution is 2.66. The molecule has 1 aliphatic heterocycles. The van der Waals surface area contributed by atoms with Crippen LogP contribution in [0.2, 0.25) is 0 Å². The van der Waals surface area contributed by atoms with Gasteiger partial charge in [-0.1, -0.05) is 13.8 Å². The van der Waals surface area contributed by atoms with Crippen LogP contribution < -0.4 is 5.32 Å². The Morgan fingerprint density at radius 2 is 1.45 bits per heavy atom. The monoisotopic (exact) mass is 394 g/mol. The summed E-state index contributed by atoms with van der Waals surface area (Å²) >= 11 is 0. The molecule has 1 N–H and O–H groups in total. The first kappa shape index (κ1) is 19.1. The minimum Gasteiger partial charge on any atom is -0.347 e. The summed E-state index contributed by atoms with van der Waals surface area (Å²) in [5.41, 5.74) is 2.09. The van der Waals surface area contributed by atoms with Crippen molar-refractivity contribution in [2.45, 2.75) is 77.2 Å². The minimum absolute atomic E-state index is 0.0242. The van der Waals surface area contributed by atoms with Crippen molar-refractivity contribution in [3.63, 3.8) is 0 Å². The van der Waals surface area contributed by atoms with Crippen molar-refractivity contribution < 1.29 is 9.59 Å². The van der Waals surface area contributed by atoms with E-state index in [-0.39, 0.29) is 17.4 Å². The van der Waals surface area contributed by atoms with Crippen LogP contribution in [0.1, 0.15) is 92.4 Å². The summed E-state index contributed by atoms with van der Waals surface area (Å²) < 4.78 is 0. The molecule has 0 radical (unpaired) electrons. The van der Waals surface area contributed by atoms with Gasteiger partial charge in [0.25, 0.3) is 11.8 Å². The van der Waals surface area contributed by atoms with Crippen molar-refractivity contribution >= 4 is 11.8 Å². The fourth-order valence-corrected chi connectivity index (χ4v) is 7.94. The maximum atomic E-state index is 13.1. The molecular formula is C25H34N2O2. The van der Waals surface area contributed by atoms with Crippen molar-refractivity contribution in [2.75, 3.05) is 13.1 Å². The van der Waals surface area contributed by atoms with Crippen molar-refractivity contribution in [1.29, 1.82) is 0 Å². The zero-order valence-corrected chi connectivity index (χ0v) is 17.9. The second kappa shape index (κ2) is 6.58. The smallest absolute Gasteiger partial charge is 0.253 e. The van der Waals surface area contributed by atoms with Crippen molar-refractivity contribution in [2.24, 2.45) is 16.7 Å². The van der Waals surface area contributed by atoms with Crippen LogP contribution in [-0.2, 0) is 0 Å². The van der Waals surface area contributed by atoms with Crippen LogP contribution in [0.15, 0.2) is 24.3 Å². The number of carbonyl (C=O) groups is 2. The fourth-order valence-electron chi connectivity index (χ4n) is 7.94. The predicted molar refractivity (Wildman–Crippen MR) is 114 cm³/mol. The maximum absolute atomic E-state index is 13.1. The Morgan fingerprint density at radius 3 is 2.03 bits per heavy atom. The van der Waals surface area contributed by atoms with Gasteiger partial charge in [0.1, 0.15) is 0 Å². The summed E-state index contributed by atoms with van der Waals surface area (Å²) in [5.74, 6) is 0.876. The molecule has 2 atom stereocenters. The molecule has 2 amide bonds. The van der Waals surface area contributed by atoms with Crippen molar-refractivity contribution in [3.8, 4) is 0 Å². The van der Waals surface area contributed by atoms with E-state index in [0.29, 0.717) is 22.0 Å². The first-order chi connectivity index (χ1) is 13.8. The zero-order valence-electron chi connectivity index (χ0n) is 17.9. The molecule has 4 nitrogen and oxygen atoms in total. The summed E-state index contributed by atoms with van der Waals surface area (Å²) in [6.07, 6.45) is 10.7. The van der Waals surface area contributed by atoms with Gasteiger partial charge in [-0.15, -0.1) is 0 Å². The van der Waals surface area contributed by atoms with E-state index in [4.69, 9.17) is 0 Å². The summed E-state index contributed by atoms with van der Waals surface area (Å²) in [7, 11) is 0. The highest BCUT2D eigenvalue weighted by Gasteiger charge is 2.60. The molecule has 0 aromatic heterocycles. The molecule has 4 saturated carbocycles. The summed E-state index contributed by atoms with van der Waals surface area (Å²) in [6, 6.07) is 7.31. The predicted octanol–water partition coefficient (Wildman–Crippen LogP) is 4.79. The van der Waals surface area contributed by atoms with Crippen LogP contribution in [-0.4, -0.2) is 35.3 Å². The van der Waals surface area contributed by atoms with E-state index in [1.54, 1.807) is 0 Å². The minimum atomic E-state index is -0.0394. The lowest BCUT2D eigenvalue weighted by molar-refractivity contribution is -0.114. The van der Waals surface area contributed by atoms with Gasteiger partial charge in [-0.25, -0.2) is 0 Å². The Labute approximate surface area is 174 Å². The van der Waals surface area contributed by atoms with Gasteiger partial charge in [0.05, 0.1) is 0 Å². The number of piperidine rings is 1. The number of carbonyl (C=O) groups excluding carboxylic acids is 2. The van der Waals surface area contributed by atoms with E-state index in [0.717, 1.165) is 51.1 Å². The van der Waals surface area contributed by atoms with Crippen LogP contribution in [0.5, 0.6) is 0 Å². The third-order valence-electron chi connectivity index (χ3n) is 8.04. The molecular weight excluding hydrogens is 360 g/mol. The third kappa shape index (κ3) is 3.49. The molecule has 4 bridgehead atoms. The normalized spacial score (nSPS) is 38.1. The molecule has 6 rings (SSSR count). The molecule has 5 aliphatic rings. The molecule has 156 valence electrons. The van der Waals surface area contributed by atoms with Gasteiger partial charge >= 0.3 is 0 Å². The highest BCUT2D eigenvalue weighted by molar-refractivity contribution is 5.98. The summed E-state index contributed by atoms with van der Waals surface area (Å²) in [6.45, 7) is 6.56. The van der Waals surface area contributed by atoms with E-state index in [1.165, 1.54) is 25.7 Å². The molecule has 5 fully saturated rings. The number of nitrogens with zero attached hydrogens (tertiary/aromatic N) is 1. The van der Waals surface area contributed by atoms with E-state index in [9.17, 15) is 9.59 Å². The Balaban J connectivity index is 1.29. The van der Waals surface area contributed by atoms with Gasteiger partial charge in [-0.2, -0.15) is 0 Å². The lowest BCUT2D eigenvalue weighted by Crippen LogP contribution is -2.65. The zero-order chi connectivity index (χ0) is 20.3. The van der Waals surface area contributed by atoms with Crippen LogP contribution in [0, 0.1) is 16.7 Å². The second-order valence-electron chi connectivity index (χ2n) is 11.3. The van der Waals surface area contributed by atoms with Crippen LogP contribution in [0.3, 0.4) is 0 Å². The standard InChI is InChI=1S/C25H34N2O2/c1-23-12-18-13-24(2,15-23)17-25(14-18,16-23)26-21(28)19-6-8-20(9-7-19)22(29)27-10-4-3-5-11-27/h6-9,18H,3-5,10-17H2,1-2H3,(H,26,28). The molecule has 1 saturated heterocycles. The highest BCUT2D eigenvalue weighted by atomic mass is 16.2. The number of nitrogens with one attached hydrogen (secondary N) is 1. The van der Waals surface area contributed by atoms with Gasteiger partial charge in [-0.05, 0) is 98.8 Å². The quantitative estimate of drug-likeness (QED) is 0.801. The largest absolute Gasteiger partial charge is 0.347 e. The average molecular weight is 395 g/mol. The van der Waals surface area contributed by atoms with Crippen LogP contribution in [0.4, 0.5) is 0 Å². The number of hydrogen-bond acceptors (Lipinski definition) is 2. The van der Waals surface area contributed by atoms with Gasteiger partial charge in [-0.3, -0.25) is 9.59 Å². The summed E-state index contributed by atoms with van der Waals surface area (Å²) in [5, 5.41) is 3.47. The number of rotatable bonds is 3. The Kier molecular flexibility index (Phi) is 4.34. The van der Waals surface area contributed by atoms with Crippen molar-refractivity contribution in [3.05, 3.63) is 35.4 Å². The van der Waals surface area contributed by atoms with Crippen LogP contribution in [0.25, 0.3) is 0 Å². The van der Waals surface area contributed by atoms with Crippen molar-refractivity contribution in [1.82, 2.24) is 10.2 Å². The Bertz CT molecular complexity index is 806. The van der Waals surface area contributed by atoms with Crippen LogP contribution >= 0.6 is 0 Å². The number of hydrogen-bond donors (Lipinski definition) is 1. The van der Waals surface area contributed by atoms with Gasteiger partial charge < -0.3 is 10.2 Å². The first-order valence-electron chi connectivity index (χ1n) is 11.5. The topological polar surface area (TPSA) is 49.4 Å². The second-order valence-corrected chi connectivity index (χ2v) is 11.3. The molecule has 2 unspecified atom stereocenters. The van der Waals surface area contributed by atoms with E-state index in [1.807, 2.05) is 29.2 Å². The molecule has 29 heavy (non-hydrogen) atoms. The van der Waals surface area contributed by atoms with E-state index >= 15 is 0 Å². The lowest BCUT2D eigenvalue weighted by atomic mass is 9.43. The molecule has 1 heterocycles. The number of amides is 2. The molecule has 0 spiro atoms. The Morgan fingerprint density at radius 1 is 0.862 bits per heavy atom. The maximum Gasteiger partial charge on any atom is 0.253 e. The lowest BCUT2D eigenvalue weighted by Gasteiger charge is -2.65. The van der Waals surface area contributed by atoms with Gasteiger partial charge in [0.15, 0.2) is 0 Å². The number of benzene rings is 1. The third-order valence-corrected chi connectivity index (χ3v) is 8.04. The SMILES string of the molecule is CC12CC3CC(C)(C1)CC(NC(=O)c1ccc(C(=O)N4CCCCC4)cc1)(C3)C2.